The Bertz CT molecular complexity index is 809. The summed E-state index contributed by atoms with van der Waals surface area (Å²) >= 11 is 0. The maximum absolute atomic E-state index is 11.2. The number of methoxy groups -OCH3 is 3. The number of hydrogen-bond acceptors (Lipinski definition) is 6. The molecule has 2 aromatic rings. The fourth-order valence-electron chi connectivity index (χ4n) is 2.29. The van der Waals surface area contributed by atoms with E-state index in [0.717, 1.165) is 5.56 Å². The van der Waals surface area contributed by atoms with E-state index in [4.69, 9.17) is 19.7 Å². The number of rotatable bonds is 5. The molecule has 0 aliphatic carbocycles. The van der Waals surface area contributed by atoms with Gasteiger partial charge in [-0.05, 0) is 30.7 Å². The third kappa shape index (κ3) is 5.21. The molecule has 0 aromatic heterocycles. The lowest BCUT2D eigenvalue weighted by Crippen LogP contribution is -2.06. The van der Waals surface area contributed by atoms with Crippen LogP contribution in [0.4, 0.5) is 0 Å². The highest BCUT2D eigenvalue weighted by Gasteiger charge is 2.18. The monoisotopic (exact) mass is 376 g/mol. The van der Waals surface area contributed by atoms with Crippen molar-refractivity contribution in [2.45, 2.75) is 6.92 Å². The highest BCUT2D eigenvalue weighted by atomic mass is 16.5. The molecule has 2 aromatic carbocycles. The van der Waals surface area contributed by atoms with Gasteiger partial charge >= 0.3 is 17.9 Å². The molecule has 0 amide bonds. The third-order valence-electron chi connectivity index (χ3n) is 3.50. The first-order valence-corrected chi connectivity index (χ1v) is 7.63. The lowest BCUT2D eigenvalue weighted by atomic mass is 10.1. The van der Waals surface area contributed by atoms with E-state index in [9.17, 15) is 14.4 Å². The number of aromatic carboxylic acids is 2. The first kappa shape index (κ1) is 21.5. The zero-order valence-corrected chi connectivity index (χ0v) is 15.3. The Morgan fingerprint density at radius 3 is 1.59 bits per heavy atom. The van der Waals surface area contributed by atoms with Gasteiger partial charge in [0.2, 0.25) is 0 Å². The number of esters is 1. The van der Waals surface area contributed by atoms with Gasteiger partial charge in [0.1, 0.15) is 28.2 Å². The number of carbonyl (C=O) groups is 3. The number of carbonyl (C=O) groups excluding carboxylic acids is 1. The first-order chi connectivity index (χ1) is 12.8. The van der Waals surface area contributed by atoms with Gasteiger partial charge in [0.05, 0.1) is 21.3 Å². The predicted octanol–water partition coefficient (Wildman–Crippen LogP) is 2.88. The zero-order chi connectivity index (χ0) is 20.6. The molecule has 2 rings (SSSR count). The van der Waals surface area contributed by atoms with Crippen LogP contribution in [0.15, 0.2) is 36.4 Å². The number of aryl methyl sites for hydroxylation is 1. The molecule has 0 aliphatic rings. The lowest BCUT2D eigenvalue weighted by Gasteiger charge is -2.08. The maximum atomic E-state index is 11.2. The zero-order valence-electron chi connectivity index (χ0n) is 15.3. The van der Waals surface area contributed by atoms with Crippen molar-refractivity contribution in [3.63, 3.8) is 0 Å². The van der Waals surface area contributed by atoms with Crippen molar-refractivity contribution in [2.24, 2.45) is 0 Å². The van der Waals surface area contributed by atoms with Gasteiger partial charge in [-0.1, -0.05) is 18.2 Å². The van der Waals surface area contributed by atoms with Crippen molar-refractivity contribution >= 4 is 17.9 Å². The van der Waals surface area contributed by atoms with Crippen LogP contribution in [0.25, 0.3) is 0 Å². The number of benzene rings is 2. The van der Waals surface area contributed by atoms with Crippen LogP contribution >= 0.6 is 0 Å². The topological polar surface area (TPSA) is 119 Å². The molecule has 0 heterocycles. The Morgan fingerprint density at radius 2 is 1.19 bits per heavy atom. The summed E-state index contributed by atoms with van der Waals surface area (Å²) in [5.41, 5.74) is 1.07. The van der Waals surface area contributed by atoms with E-state index in [1.165, 1.54) is 39.5 Å². The van der Waals surface area contributed by atoms with Gasteiger partial charge in [-0.2, -0.15) is 0 Å². The molecule has 0 saturated heterocycles. The molecule has 144 valence electrons. The van der Waals surface area contributed by atoms with E-state index < -0.39 is 11.9 Å². The van der Waals surface area contributed by atoms with E-state index in [1.54, 1.807) is 12.1 Å². The van der Waals surface area contributed by atoms with Crippen molar-refractivity contribution in [1.82, 2.24) is 0 Å². The molecular weight excluding hydrogens is 356 g/mol. The van der Waals surface area contributed by atoms with Crippen molar-refractivity contribution in [1.29, 1.82) is 0 Å². The molecule has 0 fully saturated rings. The molecule has 0 spiro atoms. The minimum absolute atomic E-state index is 0.132. The van der Waals surface area contributed by atoms with E-state index >= 15 is 0 Å². The smallest absolute Gasteiger partial charge is 0.341 e. The van der Waals surface area contributed by atoms with Gasteiger partial charge < -0.3 is 24.4 Å². The fourth-order valence-corrected chi connectivity index (χ4v) is 2.29. The Balaban J connectivity index is 0.000000271. The number of para-hydroxylation sites is 2. The van der Waals surface area contributed by atoms with Crippen LogP contribution in [0.1, 0.15) is 36.6 Å². The number of carboxylic acids is 2. The van der Waals surface area contributed by atoms with Crippen LogP contribution in [-0.2, 0) is 4.74 Å². The second-order valence-electron chi connectivity index (χ2n) is 5.14. The average Bonchev–Trinajstić information content (AvgIpc) is 2.66. The molecule has 8 heteroatoms. The molecule has 0 bridgehead atoms. The summed E-state index contributed by atoms with van der Waals surface area (Å²) in [6.07, 6.45) is 0. The quantitative estimate of drug-likeness (QED) is 0.765. The van der Waals surface area contributed by atoms with Crippen LogP contribution in [0.3, 0.4) is 0 Å². The maximum Gasteiger partial charge on any atom is 0.341 e. The van der Waals surface area contributed by atoms with E-state index in [-0.39, 0.29) is 22.8 Å². The predicted molar refractivity (Wildman–Crippen MR) is 96.0 cm³/mol. The summed E-state index contributed by atoms with van der Waals surface area (Å²) in [6.45, 7) is 1.88. The van der Waals surface area contributed by atoms with Crippen LogP contribution in [-0.4, -0.2) is 49.5 Å². The number of ether oxygens (including phenoxy) is 3. The molecule has 0 aliphatic heterocycles. The fraction of sp³-hybridized carbons (Fsp3) is 0.211. The van der Waals surface area contributed by atoms with E-state index in [0.29, 0.717) is 11.3 Å². The molecule has 0 atom stereocenters. The van der Waals surface area contributed by atoms with E-state index in [1.807, 2.05) is 13.0 Å². The summed E-state index contributed by atoms with van der Waals surface area (Å²) in [7, 11) is 4.12. The average molecular weight is 376 g/mol. The van der Waals surface area contributed by atoms with Crippen LogP contribution in [0.5, 0.6) is 11.5 Å². The molecule has 0 saturated carbocycles. The highest BCUT2D eigenvalue weighted by molar-refractivity contribution is 5.98. The van der Waals surface area contributed by atoms with Crippen molar-refractivity contribution < 1.29 is 38.8 Å². The molecule has 0 unspecified atom stereocenters. The first-order valence-electron chi connectivity index (χ1n) is 7.63. The minimum Gasteiger partial charge on any atom is -0.496 e. The van der Waals surface area contributed by atoms with Crippen molar-refractivity contribution in [3.05, 3.63) is 58.7 Å². The third-order valence-corrected chi connectivity index (χ3v) is 3.50. The molecule has 0 radical (unpaired) electrons. The normalized spacial score (nSPS) is 9.48. The Kier molecular flexibility index (Phi) is 7.81. The molecule has 8 nitrogen and oxygen atoms in total. The highest BCUT2D eigenvalue weighted by Crippen LogP contribution is 2.24. The van der Waals surface area contributed by atoms with Crippen LogP contribution < -0.4 is 9.47 Å². The van der Waals surface area contributed by atoms with Crippen LogP contribution in [0.2, 0.25) is 0 Å². The standard InChI is InChI=1S/C10H12O3.C9H8O5/c1-7-5-4-6-8(9(7)12-2)10(11)13-3;1-14-7-5(8(10)11)3-2-4-6(7)9(12)13/h4-6H,1-3H3;2-4H,1H3,(H,10,11)(H,12,13). The molecule has 27 heavy (non-hydrogen) atoms. The Hall–Kier alpha value is -3.55. The van der Waals surface area contributed by atoms with Gasteiger partial charge in [0, 0.05) is 0 Å². The van der Waals surface area contributed by atoms with Gasteiger partial charge in [-0.3, -0.25) is 0 Å². The lowest BCUT2D eigenvalue weighted by molar-refractivity contribution is 0.0595. The summed E-state index contributed by atoms with van der Waals surface area (Å²) < 4.78 is 14.5. The second kappa shape index (κ2) is 9.81. The van der Waals surface area contributed by atoms with E-state index in [2.05, 4.69) is 4.74 Å². The summed E-state index contributed by atoms with van der Waals surface area (Å²) in [6, 6.07) is 9.28. The molecular formula is C19H20O8. The van der Waals surface area contributed by atoms with Gasteiger partial charge in [0.25, 0.3) is 0 Å². The van der Waals surface area contributed by atoms with Gasteiger partial charge in [0.15, 0.2) is 0 Å². The van der Waals surface area contributed by atoms with Crippen molar-refractivity contribution in [3.8, 4) is 11.5 Å². The minimum atomic E-state index is -1.22. The largest absolute Gasteiger partial charge is 0.496 e. The number of hydrogen-bond donors (Lipinski definition) is 2. The van der Waals surface area contributed by atoms with Gasteiger partial charge in [-0.25, -0.2) is 14.4 Å². The summed E-state index contributed by atoms with van der Waals surface area (Å²) in [5.74, 6) is -2.36. The summed E-state index contributed by atoms with van der Waals surface area (Å²) in [4.78, 5) is 32.6. The number of carboxylic acid groups (broad SMARTS) is 2. The van der Waals surface area contributed by atoms with Crippen molar-refractivity contribution in [2.75, 3.05) is 21.3 Å². The Labute approximate surface area is 155 Å². The summed E-state index contributed by atoms with van der Waals surface area (Å²) in [5, 5.41) is 17.5. The Morgan fingerprint density at radius 1 is 0.741 bits per heavy atom. The molecule has 2 N–H and O–H groups in total. The van der Waals surface area contributed by atoms with Gasteiger partial charge in [-0.15, -0.1) is 0 Å². The SMILES string of the molecule is COC(=O)c1cccc(C)c1OC.COc1c(C(=O)O)cccc1C(=O)O. The second-order valence-corrected chi connectivity index (χ2v) is 5.14. The van der Waals surface area contributed by atoms with Crippen LogP contribution in [0, 0.1) is 6.92 Å².